The zero-order chi connectivity index (χ0) is 11.3. The smallest absolute Gasteiger partial charge is 0.227 e. The second kappa shape index (κ2) is 5.66. The molecule has 80 valence electrons. The van der Waals surface area contributed by atoms with E-state index < -0.39 is 0 Å². The maximum atomic E-state index is 11.2. The summed E-state index contributed by atoms with van der Waals surface area (Å²) in [5, 5.41) is 2.68. The minimum Gasteiger partial charge on any atom is -0.352 e. The molecule has 1 aromatic carbocycles. The number of Topliss-reactive ketones (excluding diaryl/α,β-unsaturated/α-hetero) is 1. The fraction of sp³-hybridized carbons (Fsp3) is 0.273. The molecular formula is C11H12BrNO2. The van der Waals surface area contributed by atoms with Gasteiger partial charge in [0.05, 0.1) is 6.42 Å². The lowest BCUT2D eigenvalue weighted by atomic mass is 10.2. The molecule has 0 fully saturated rings. The van der Waals surface area contributed by atoms with Crippen LogP contribution in [0.3, 0.4) is 0 Å². The van der Waals surface area contributed by atoms with E-state index in [-0.39, 0.29) is 18.1 Å². The van der Waals surface area contributed by atoms with Gasteiger partial charge in [0.25, 0.3) is 0 Å². The molecule has 0 saturated heterocycles. The van der Waals surface area contributed by atoms with Crippen LogP contribution in [-0.2, 0) is 16.1 Å². The van der Waals surface area contributed by atoms with Crippen molar-refractivity contribution in [3.8, 4) is 0 Å². The number of benzene rings is 1. The molecule has 1 rings (SSSR count). The summed E-state index contributed by atoms with van der Waals surface area (Å²) in [5.74, 6) is -0.363. The summed E-state index contributed by atoms with van der Waals surface area (Å²) in [4.78, 5) is 21.9. The first kappa shape index (κ1) is 11.9. The Morgan fingerprint density at radius 3 is 2.60 bits per heavy atom. The van der Waals surface area contributed by atoms with E-state index in [9.17, 15) is 9.59 Å². The maximum Gasteiger partial charge on any atom is 0.227 e. The molecule has 15 heavy (non-hydrogen) atoms. The Hall–Kier alpha value is -1.16. The Morgan fingerprint density at radius 1 is 1.33 bits per heavy atom. The van der Waals surface area contributed by atoms with Gasteiger partial charge in [0.2, 0.25) is 5.91 Å². The van der Waals surface area contributed by atoms with Gasteiger partial charge in [0.15, 0.2) is 0 Å². The van der Waals surface area contributed by atoms with Gasteiger partial charge in [0.1, 0.15) is 5.78 Å². The maximum absolute atomic E-state index is 11.2. The van der Waals surface area contributed by atoms with Crippen molar-refractivity contribution in [3.63, 3.8) is 0 Å². The van der Waals surface area contributed by atoms with Crippen LogP contribution in [0.25, 0.3) is 0 Å². The number of hydrogen-bond acceptors (Lipinski definition) is 2. The Morgan fingerprint density at radius 2 is 2.00 bits per heavy atom. The lowest BCUT2D eigenvalue weighted by molar-refractivity contribution is -0.127. The molecule has 4 heteroatoms. The van der Waals surface area contributed by atoms with Gasteiger partial charge in [-0.05, 0) is 18.6 Å². The van der Waals surface area contributed by atoms with Crippen LogP contribution >= 0.6 is 15.9 Å². The second-order valence-corrected chi connectivity index (χ2v) is 4.10. The molecule has 0 aliphatic carbocycles. The van der Waals surface area contributed by atoms with Crippen molar-refractivity contribution in [3.05, 3.63) is 34.3 Å². The van der Waals surface area contributed by atoms with Crippen LogP contribution in [0.1, 0.15) is 18.9 Å². The molecule has 3 nitrogen and oxygen atoms in total. The van der Waals surface area contributed by atoms with Crippen molar-refractivity contribution in [2.45, 2.75) is 19.9 Å². The molecule has 0 saturated carbocycles. The summed E-state index contributed by atoms with van der Waals surface area (Å²) in [6.45, 7) is 1.84. The van der Waals surface area contributed by atoms with E-state index in [0.29, 0.717) is 6.54 Å². The minimum atomic E-state index is -0.238. The standard InChI is InChI=1S/C11H12BrNO2/c1-8(14)6-11(15)13-7-9-4-2-3-5-10(9)12/h2-5H,6-7H2,1H3,(H,13,15). The van der Waals surface area contributed by atoms with Crippen molar-refractivity contribution in [2.75, 3.05) is 0 Å². The largest absolute Gasteiger partial charge is 0.352 e. The molecule has 0 aliphatic rings. The van der Waals surface area contributed by atoms with Crippen molar-refractivity contribution in [1.82, 2.24) is 5.32 Å². The zero-order valence-electron chi connectivity index (χ0n) is 8.42. The molecule has 0 bridgehead atoms. The number of ketones is 1. The van der Waals surface area contributed by atoms with Gasteiger partial charge in [0, 0.05) is 11.0 Å². The van der Waals surface area contributed by atoms with E-state index in [1.807, 2.05) is 24.3 Å². The molecule has 0 aromatic heterocycles. The highest BCUT2D eigenvalue weighted by Crippen LogP contribution is 2.15. The molecule has 1 N–H and O–H groups in total. The summed E-state index contributed by atoms with van der Waals surface area (Å²) in [6, 6.07) is 7.63. The Labute approximate surface area is 97.0 Å². The van der Waals surface area contributed by atoms with Gasteiger partial charge >= 0.3 is 0 Å². The molecule has 0 aliphatic heterocycles. The van der Waals surface area contributed by atoms with Crippen LogP contribution in [0.15, 0.2) is 28.7 Å². The van der Waals surface area contributed by atoms with Gasteiger partial charge in [-0.2, -0.15) is 0 Å². The van der Waals surface area contributed by atoms with Gasteiger partial charge in [-0.1, -0.05) is 34.1 Å². The van der Waals surface area contributed by atoms with Crippen molar-refractivity contribution in [2.24, 2.45) is 0 Å². The molecule has 0 heterocycles. The van der Waals surface area contributed by atoms with Crippen LogP contribution in [0, 0.1) is 0 Å². The van der Waals surface area contributed by atoms with Crippen molar-refractivity contribution in [1.29, 1.82) is 0 Å². The quantitative estimate of drug-likeness (QED) is 0.851. The van der Waals surface area contributed by atoms with Gasteiger partial charge < -0.3 is 5.32 Å². The van der Waals surface area contributed by atoms with E-state index in [2.05, 4.69) is 21.2 Å². The first-order valence-corrected chi connectivity index (χ1v) is 5.38. The number of carbonyl (C=O) groups is 2. The van der Waals surface area contributed by atoms with E-state index in [0.717, 1.165) is 10.0 Å². The average Bonchev–Trinajstić information content (AvgIpc) is 2.15. The second-order valence-electron chi connectivity index (χ2n) is 3.25. The number of nitrogens with one attached hydrogen (secondary N) is 1. The zero-order valence-corrected chi connectivity index (χ0v) is 10.0. The van der Waals surface area contributed by atoms with Crippen LogP contribution < -0.4 is 5.32 Å². The third-order valence-electron chi connectivity index (χ3n) is 1.84. The van der Waals surface area contributed by atoms with E-state index >= 15 is 0 Å². The predicted octanol–water partition coefficient (Wildman–Crippen LogP) is 2.04. The third-order valence-corrected chi connectivity index (χ3v) is 2.62. The number of halogens is 1. The Balaban J connectivity index is 2.47. The molecule has 0 radical (unpaired) electrons. The minimum absolute atomic E-state index is 0.0511. The van der Waals surface area contributed by atoms with Gasteiger partial charge in [-0.15, -0.1) is 0 Å². The highest BCUT2D eigenvalue weighted by molar-refractivity contribution is 9.10. The SMILES string of the molecule is CC(=O)CC(=O)NCc1ccccc1Br. The Kier molecular flexibility index (Phi) is 4.49. The van der Waals surface area contributed by atoms with Gasteiger partial charge in [-0.25, -0.2) is 0 Å². The number of amides is 1. The summed E-state index contributed by atoms with van der Waals surface area (Å²) in [6.07, 6.45) is -0.0511. The van der Waals surface area contributed by atoms with E-state index in [1.54, 1.807) is 0 Å². The fourth-order valence-corrected chi connectivity index (χ4v) is 1.55. The fourth-order valence-electron chi connectivity index (χ4n) is 1.12. The lowest BCUT2D eigenvalue weighted by Crippen LogP contribution is -2.24. The highest BCUT2D eigenvalue weighted by atomic mass is 79.9. The van der Waals surface area contributed by atoms with Gasteiger partial charge in [-0.3, -0.25) is 9.59 Å². The summed E-state index contributed by atoms with van der Waals surface area (Å²) in [5.41, 5.74) is 0.995. The summed E-state index contributed by atoms with van der Waals surface area (Å²) in [7, 11) is 0. The first-order valence-electron chi connectivity index (χ1n) is 4.59. The predicted molar refractivity (Wildman–Crippen MR) is 61.3 cm³/mol. The van der Waals surface area contributed by atoms with Crippen LogP contribution in [0.5, 0.6) is 0 Å². The monoisotopic (exact) mass is 269 g/mol. The summed E-state index contributed by atoms with van der Waals surface area (Å²) >= 11 is 3.38. The van der Waals surface area contributed by atoms with Crippen molar-refractivity contribution >= 4 is 27.6 Å². The van der Waals surface area contributed by atoms with Crippen LogP contribution in [0.4, 0.5) is 0 Å². The summed E-state index contributed by atoms with van der Waals surface area (Å²) < 4.78 is 0.952. The molecule has 1 amide bonds. The first-order chi connectivity index (χ1) is 7.09. The molecule has 0 spiro atoms. The normalized spacial score (nSPS) is 9.73. The number of hydrogen-bond donors (Lipinski definition) is 1. The topological polar surface area (TPSA) is 46.2 Å². The van der Waals surface area contributed by atoms with Crippen LogP contribution in [-0.4, -0.2) is 11.7 Å². The number of carbonyl (C=O) groups excluding carboxylic acids is 2. The molecule has 1 aromatic rings. The lowest BCUT2D eigenvalue weighted by Gasteiger charge is -2.05. The van der Waals surface area contributed by atoms with Crippen molar-refractivity contribution < 1.29 is 9.59 Å². The van der Waals surface area contributed by atoms with E-state index in [1.165, 1.54) is 6.92 Å². The van der Waals surface area contributed by atoms with E-state index in [4.69, 9.17) is 0 Å². The molecule has 0 unspecified atom stereocenters. The van der Waals surface area contributed by atoms with Crippen LogP contribution in [0.2, 0.25) is 0 Å². The molecule has 0 atom stereocenters. The molecular weight excluding hydrogens is 258 g/mol. The Bertz CT molecular complexity index is 377. The average molecular weight is 270 g/mol. The highest BCUT2D eigenvalue weighted by Gasteiger charge is 2.05. The number of rotatable bonds is 4. The third kappa shape index (κ3) is 4.25.